The molecule has 0 unspecified atom stereocenters. The van der Waals surface area contributed by atoms with E-state index in [9.17, 15) is 9.59 Å². The van der Waals surface area contributed by atoms with E-state index in [1.807, 2.05) is 22.9 Å². The van der Waals surface area contributed by atoms with Crippen molar-refractivity contribution in [3.8, 4) is 0 Å². The van der Waals surface area contributed by atoms with E-state index in [1.165, 1.54) is 24.1 Å². The molecule has 2 amide bonds. The Morgan fingerprint density at radius 2 is 1.61 bits per heavy atom. The molecule has 0 spiro atoms. The zero-order valence-corrected chi connectivity index (χ0v) is 18.9. The van der Waals surface area contributed by atoms with Crippen molar-refractivity contribution in [3.63, 3.8) is 0 Å². The summed E-state index contributed by atoms with van der Waals surface area (Å²) < 4.78 is 0. The summed E-state index contributed by atoms with van der Waals surface area (Å²) in [4.78, 5) is 31.9. The van der Waals surface area contributed by atoms with Gasteiger partial charge in [-0.25, -0.2) is 0 Å². The Balaban J connectivity index is 1.33. The number of carbonyl (C=O) groups excluding carboxylic acids is 2. The van der Waals surface area contributed by atoms with Crippen molar-refractivity contribution in [1.82, 2.24) is 9.80 Å². The third-order valence-corrected chi connectivity index (χ3v) is 6.70. The van der Waals surface area contributed by atoms with Crippen LogP contribution in [-0.4, -0.2) is 54.8 Å². The Morgan fingerprint density at radius 3 is 2.29 bits per heavy atom. The Bertz CT molecular complexity index is 917. The van der Waals surface area contributed by atoms with E-state index in [2.05, 4.69) is 23.1 Å². The van der Waals surface area contributed by atoms with Gasteiger partial charge in [-0.05, 0) is 61.6 Å². The maximum atomic E-state index is 13.1. The lowest BCUT2D eigenvalue weighted by Gasteiger charge is -2.33. The van der Waals surface area contributed by atoms with Crippen LogP contribution in [0.25, 0.3) is 0 Å². The number of nitrogens with zero attached hydrogens (tertiary/aromatic N) is 3. The van der Waals surface area contributed by atoms with E-state index in [1.54, 1.807) is 24.3 Å². The van der Waals surface area contributed by atoms with Crippen molar-refractivity contribution >= 4 is 29.1 Å². The minimum Gasteiger partial charge on any atom is -0.371 e. The van der Waals surface area contributed by atoms with Gasteiger partial charge in [-0.15, -0.1) is 0 Å². The molecular weight excluding hydrogens is 410 g/mol. The highest BCUT2D eigenvalue weighted by atomic mass is 35.5. The second kappa shape index (κ2) is 9.73. The number of halogens is 1. The molecule has 2 aliphatic rings. The van der Waals surface area contributed by atoms with Gasteiger partial charge in [0, 0.05) is 62.0 Å². The van der Waals surface area contributed by atoms with Gasteiger partial charge in [-0.1, -0.05) is 29.8 Å². The van der Waals surface area contributed by atoms with Crippen molar-refractivity contribution < 1.29 is 9.59 Å². The number of carbonyl (C=O) groups is 2. The quantitative estimate of drug-likeness (QED) is 0.691. The summed E-state index contributed by atoms with van der Waals surface area (Å²) in [5.41, 5.74) is 3.10. The molecule has 0 radical (unpaired) electrons. The van der Waals surface area contributed by atoms with Crippen molar-refractivity contribution in [3.05, 3.63) is 64.7 Å². The van der Waals surface area contributed by atoms with Gasteiger partial charge in [0.05, 0.1) is 0 Å². The molecule has 0 N–H and O–H groups in total. The van der Waals surface area contributed by atoms with Gasteiger partial charge < -0.3 is 14.7 Å². The van der Waals surface area contributed by atoms with Crippen LogP contribution in [0.4, 0.5) is 5.69 Å². The highest BCUT2D eigenvalue weighted by molar-refractivity contribution is 6.30. The first-order chi connectivity index (χ1) is 15.0. The van der Waals surface area contributed by atoms with Crippen molar-refractivity contribution in [2.45, 2.75) is 32.2 Å². The Hall–Kier alpha value is -2.53. The third kappa shape index (κ3) is 5.04. The van der Waals surface area contributed by atoms with Crippen LogP contribution in [0.2, 0.25) is 5.02 Å². The van der Waals surface area contributed by atoms with Gasteiger partial charge in [0.25, 0.3) is 5.91 Å². The molecule has 0 aliphatic carbocycles. The fourth-order valence-electron chi connectivity index (χ4n) is 4.66. The number of hydrogen-bond acceptors (Lipinski definition) is 3. The number of hydrogen-bond donors (Lipinski definition) is 0. The Morgan fingerprint density at radius 1 is 0.968 bits per heavy atom. The monoisotopic (exact) mass is 439 g/mol. The normalized spacial score (nSPS) is 17.1. The molecule has 0 saturated carbocycles. The lowest BCUT2D eigenvalue weighted by molar-refractivity contribution is -0.136. The molecule has 31 heavy (non-hydrogen) atoms. The molecule has 2 heterocycles. The highest BCUT2D eigenvalue weighted by Crippen LogP contribution is 2.27. The van der Waals surface area contributed by atoms with Crippen LogP contribution in [-0.2, 0) is 11.3 Å². The Labute approximate surface area is 189 Å². The summed E-state index contributed by atoms with van der Waals surface area (Å²) >= 11 is 5.92. The summed E-state index contributed by atoms with van der Waals surface area (Å²) in [6.45, 7) is 4.02. The number of piperidine rings is 1. The number of rotatable bonds is 5. The predicted octanol–water partition coefficient (Wildman–Crippen LogP) is 4.45. The Kier molecular flexibility index (Phi) is 6.81. The largest absolute Gasteiger partial charge is 0.371 e. The fourth-order valence-corrected chi connectivity index (χ4v) is 4.79. The van der Waals surface area contributed by atoms with Crippen molar-refractivity contribution in [2.24, 2.45) is 5.92 Å². The van der Waals surface area contributed by atoms with Gasteiger partial charge in [0.15, 0.2) is 0 Å². The van der Waals surface area contributed by atoms with Crippen LogP contribution in [0.3, 0.4) is 0 Å². The van der Waals surface area contributed by atoms with Crippen LogP contribution in [0.1, 0.15) is 41.6 Å². The van der Waals surface area contributed by atoms with Crippen LogP contribution in [0, 0.1) is 5.92 Å². The lowest BCUT2D eigenvalue weighted by atomic mass is 9.94. The average molecular weight is 440 g/mol. The number of benzene rings is 2. The number of amides is 2. The maximum Gasteiger partial charge on any atom is 0.253 e. The molecule has 6 heteroatoms. The van der Waals surface area contributed by atoms with E-state index in [0.29, 0.717) is 43.1 Å². The molecule has 2 aromatic carbocycles. The molecule has 0 bridgehead atoms. The van der Waals surface area contributed by atoms with Gasteiger partial charge in [0.2, 0.25) is 5.91 Å². The molecule has 0 atom stereocenters. The van der Waals surface area contributed by atoms with E-state index in [-0.39, 0.29) is 17.7 Å². The van der Waals surface area contributed by atoms with Crippen molar-refractivity contribution in [2.75, 3.05) is 38.1 Å². The molecule has 2 aliphatic heterocycles. The first kappa shape index (κ1) is 21.7. The number of likely N-dealkylation sites (tertiary alicyclic amines) is 1. The molecule has 2 saturated heterocycles. The van der Waals surface area contributed by atoms with Gasteiger partial charge >= 0.3 is 0 Å². The molecule has 4 rings (SSSR count). The first-order valence-electron chi connectivity index (χ1n) is 11.2. The van der Waals surface area contributed by atoms with Crippen LogP contribution < -0.4 is 4.90 Å². The summed E-state index contributed by atoms with van der Waals surface area (Å²) in [7, 11) is 1.90. The standard InChI is InChI=1S/C25H30ClN3O2/c1-27(18-21-6-2-3-7-23(21)28-14-4-5-15-28)24(30)20-12-16-29(17-13-20)25(31)19-8-10-22(26)11-9-19/h2-3,6-11,20H,4-5,12-18H2,1H3. The van der Waals surface area contributed by atoms with Gasteiger partial charge in [-0.3, -0.25) is 9.59 Å². The number of anilines is 1. The number of para-hydroxylation sites is 1. The molecule has 0 aromatic heterocycles. The molecule has 2 aromatic rings. The van der Waals surface area contributed by atoms with Crippen LogP contribution in [0.15, 0.2) is 48.5 Å². The van der Waals surface area contributed by atoms with E-state index < -0.39 is 0 Å². The molecule has 2 fully saturated rings. The van der Waals surface area contributed by atoms with Gasteiger partial charge in [-0.2, -0.15) is 0 Å². The maximum absolute atomic E-state index is 13.1. The predicted molar refractivity (Wildman–Crippen MR) is 124 cm³/mol. The SMILES string of the molecule is CN(Cc1ccccc1N1CCCC1)C(=O)C1CCN(C(=O)c2ccc(Cl)cc2)CC1. The summed E-state index contributed by atoms with van der Waals surface area (Å²) in [6.07, 6.45) is 3.87. The third-order valence-electron chi connectivity index (χ3n) is 6.44. The van der Waals surface area contributed by atoms with E-state index in [4.69, 9.17) is 11.6 Å². The highest BCUT2D eigenvalue weighted by Gasteiger charge is 2.30. The zero-order chi connectivity index (χ0) is 21.8. The smallest absolute Gasteiger partial charge is 0.253 e. The summed E-state index contributed by atoms with van der Waals surface area (Å²) in [5, 5.41) is 0.621. The minimum absolute atomic E-state index is 0.00969. The second-order valence-electron chi connectivity index (χ2n) is 8.59. The lowest BCUT2D eigenvalue weighted by Crippen LogP contribution is -2.43. The van der Waals surface area contributed by atoms with Crippen molar-refractivity contribution in [1.29, 1.82) is 0 Å². The van der Waals surface area contributed by atoms with Crippen LogP contribution >= 0.6 is 11.6 Å². The second-order valence-corrected chi connectivity index (χ2v) is 9.03. The van der Waals surface area contributed by atoms with Crippen LogP contribution in [0.5, 0.6) is 0 Å². The van der Waals surface area contributed by atoms with Gasteiger partial charge in [0.1, 0.15) is 0 Å². The topological polar surface area (TPSA) is 43.9 Å². The zero-order valence-electron chi connectivity index (χ0n) is 18.1. The molecular formula is C25H30ClN3O2. The minimum atomic E-state index is -0.0294. The molecule has 164 valence electrons. The first-order valence-corrected chi connectivity index (χ1v) is 11.5. The summed E-state index contributed by atoms with van der Waals surface area (Å²) in [6, 6.07) is 15.4. The molecule has 5 nitrogen and oxygen atoms in total. The van der Waals surface area contributed by atoms with E-state index >= 15 is 0 Å². The average Bonchev–Trinajstić information content (AvgIpc) is 3.34. The summed E-state index contributed by atoms with van der Waals surface area (Å²) in [5.74, 6) is 0.156. The van der Waals surface area contributed by atoms with E-state index in [0.717, 1.165) is 13.1 Å². The fraction of sp³-hybridized carbons (Fsp3) is 0.440.